The maximum Gasteiger partial charge on any atom is 0.328 e. The number of aromatic hydroxyl groups is 1. The number of carbonyl (C=O) groups excluding carboxylic acids is 3. The number of phenols is 1. The van der Waals surface area contributed by atoms with Gasteiger partial charge in [0.2, 0.25) is 17.7 Å². The molecule has 35 heavy (non-hydrogen) atoms. The molecule has 0 aliphatic carbocycles. The number of carboxylic acids is 3. The van der Waals surface area contributed by atoms with Gasteiger partial charge in [-0.1, -0.05) is 12.1 Å². The van der Waals surface area contributed by atoms with Gasteiger partial charge in [-0.15, -0.1) is 0 Å². The van der Waals surface area contributed by atoms with Crippen LogP contribution in [0.25, 0.3) is 0 Å². The van der Waals surface area contributed by atoms with Crippen LogP contribution >= 0.6 is 0 Å². The van der Waals surface area contributed by atoms with E-state index in [1.54, 1.807) is 0 Å². The third-order valence-electron chi connectivity index (χ3n) is 4.55. The molecule has 0 heterocycles. The minimum Gasteiger partial charge on any atom is -0.508 e. The summed E-state index contributed by atoms with van der Waals surface area (Å²) in [7, 11) is 0. The largest absolute Gasteiger partial charge is 0.508 e. The lowest BCUT2D eigenvalue weighted by molar-refractivity contribution is -0.145. The number of aliphatic carboxylic acids is 3. The van der Waals surface area contributed by atoms with Crippen molar-refractivity contribution in [3.05, 3.63) is 29.8 Å². The predicted octanol–water partition coefficient (Wildman–Crippen LogP) is -3.26. The van der Waals surface area contributed by atoms with Gasteiger partial charge in [0.15, 0.2) is 0 Å². The van der Waals surface area contributed by atoms with Crippen molar-refractivity contribution >= 4 is 35.6 Å². The Hall–Kier alpha value is -4.24. The Morgan fingerprint density at radius 2 is 1.17 bits per heavy atom. The monoisotopic (exact) mass is 498 g/mol. The highest BCUT2D eigenvalue weighted by Crippen LogP contribution is 2.11. The first-order valence-corrected chi connectivity index (χ1v) is 10.1. The molecule has 10 N–H and O–H groups in total. The van der Waals surface area contributed by atoms with E-state index in [1.165, 1.54) is 24.3 Å². The lowest BCUT2D eigenvalue weighted by Crippen LogP contribution is -2.58. The molecule has 3 amide bonds. The molecule has 1 aromatic rings. The zero-order chi connectivity index (χ0) is 26.7. The number of benzene rings is 1. The van der Waals surface area contributed by atoms with Crippen LogP contribution in [0.3, 0.4) is 0 Å². The van der Waals surface area contributed by atoms with Crippen LogP contribution in [-0.2, 0) is 35.2 Å². The van der Waals surface area contributed by atoms with E-state index in [1.807, 2.05) is 10.6 Å². The number of aliphatic hydroxyl groups is 1. The summed E-state index contributed by atoms with van der Waals surface area (Å²) in [5.41, 5.74) is 6.36. The fourth-order valence-corrected chi connectivity index (χ4v) is 2.76. The summed E-state index contributed by atoms with van der Waals surface area (Å²) >= 11 is 0. The standard InChI is InChI=1S/C20H26N4O11/c21-11(5-9-1-3-10(26)4-2-9)17(31)22-12(6-15(27)28)18(32)23-13(7-16(29)30)19(33)24-14(8-25)20(34)35/h1-4,11-14,25-26H,5-8,21H2,(H,22,31)(H,23,32)(H,24,33)(H,27,28)(H,29,30)(H,34,35). The average molecular weight is 498 g/mol. The van der Waals surface area contributed by atoms with Crippen molar-refractivity contribution in [2.24, 2.45) is 5.73 Å². The molecule has 0 fully saturated rings. The van der Waals surface area contributed by atoms with E-state index in [-0.39, 0.29) is 12.2 Å². The Balaban J connectivity index is 2.95. The van der Waals surface area contributed by atoms with Gasteiger partial charge in [-0.05, 0) is 24.1 Å². The van der Waals surface area contributed by atoms with Crippen LogP contribution in [0.5, 0.6) is 5.75 Å². The molecule has 0 aromatic heterocycles. The van der Waals surface area contributed by atoms with Crippen LogP contribution in [-0.4, -0.2) is 91.9 Å². The molecule has 0 aliphatic heterocycles. The number of nitrogens with one attached hydrogen (secondary N) is 3. The number of hydrogen-bond acceptors (Lipinski definition) is 9. The summed E-state index contributed by atoms with van der Waals surface area (Å²) in [6.45, 7) is -1.02. The number of rotatable bonds is 14. The van der Waals surface area contributed by atoms with E-state index in [9.17, 15) is 33.9 Å². The van der Waals surface area contributed by atoms with Gasteiger partial charge in [-0.2, -0.15) is 0 Å². The van der Waals surface area contributed by atoms with Crippen molar-refractivity contribution < 1.29 is 54.3 Å². The molecule has 1 aromatic carbocycles. The molecule has 0 aliphatic rings. The summed E-state index contributed by atoms with van der Waals surface area (Å²) in [6.07, 6.45) is -1.99. The van der Waals surface area contributed by atoms with Gasteiger partial charge in [0, 0.05) is 0 Å². The van der Waals surface area contributed by atoms with Gasteiger partial charge in [-0.25, -0.2) is 4.79 Å². The molecule has 15 heteroatoms. The molecule has 0 saturated heterocycles. The van der Waals surface area contributed by atoms with Crippen molar-refractivity contribution in [1.82, 2.24) is 16.0 Å². The minimum atomic E-state index is -1.85. The van der Waals surface area contributed by atoms with Crippen molar-refractivity contribution in [2.75, 3.05) is 6.61 Å². The summed E-state index contributed by atoms with van der Waals surface area (Å²) in [5.74, 6) is -8.15. The first-order valence-electron chi connectivity index (χ1n) is 10.1. The Labute approximate surface area is 197 Å². The molecule has 0 radical (unpaired) electrons. The molecule has 192 valence electrons. The second-order valence-corrected chi connectivity index (χ2v) is 7.38. The van der Waals surface area contributed by atoms with Gasteiger partial charge >= 0.3 is 17.9 Å². The Kier molecular flexibility index (Phi) is 11.1. The molecule has 4 atom stereocenters. The number of hydrogen-bond donors (Lipinski definition) is 9. The third-order valence-corrected chi connectivity index (χ3v) is 4.55. The molecule has 0 bridgehead atoms. The second kappa shape index (κ2) is 13.5. The maximum atomic E-state index is 12.6. The lowest BCUT2D eigenvalue weighted by Gasteiger charge is -2.23. The minimum absolute atomic E-state index is 0.0152. The summed E-state index contributed by atoms with van der Waals surface area (Å²) < 4.78 is 0. The SMILES string of the molecule is NC(Cc1ccc(O)cc1)C(=O)NC(CC(=O)O)C(=O)NC(CC(=O)O)C(=O)NC(CO)C(=O)O. The number of carbonyl (C=O) groups is 6. The van der Waals surface area contributed by atoms with Gasteiger partial charge in [0.25, 0.3) is 0 Å². The van der Waals surface area contributed by atoms with E-state index in [0.29, 0.717) is 5.56 Å². The first-order chi connectivity index (χ1) is 16.3. The third kappa shape index (κ3) is 10.1. The van der Waals surface area contributed by atoms with Gasteiger partial charge in [-0.3, -0.25) is 24.0 Å². The van der Waals surface area contributed by atoms with E-state index in [4.69, 9.17) is 26.2 Å². The van der Waals surface area contributed by atoms with E-state index in [2.05, 4.69) is 5.32 Å². The van der Waals surface area contributed by atoms with E-state index < -0.39 is 79.2 Å². The number of phenolic OH excluding ortho intramolecular Hbond substituents is 1. The Morgan fingerprint density at radius 1 is 0.743 bits per heavy atom. The number of nitrogens with two attached hydrogens (primary N) is 1. The van der Waals surface area contributed by atoms with Gasteiger partial charge in [0.1, 0.15) is 23.9 Å². The molecule has 0 saturated carbocycles. The number of aliphatic hydroxyl groups excluding tert-OH is 1. The molecule has 0 spiro atoms. The molecular weight excluding hydrogens is 472 g/mol. The smallest absolute Gasteiger partial charge is 0.328 e. The lowest BCUT2D eigenvalue weighted by atomic mass is 10.0. The predicted molar refractivity (Wildman–Crippen MR) is 115 cm³/mol. The summed E-state index contributed by atoms with van der Waals surface area (Å²) in [4.78, 5) is 70.6. The Morgan fingerprint density at radius 3 is 1.57 bits per heavy atom. The highest BCUT2D eigenvalue weighted by molar-refractivity contribution is 5.96. The molecule has 4 unspecified atom stereocenters. The van der Waals surface area contributed by atoms with Crippen LogP contribution in [0, 0.1) is 0 Å². The van der Waals surface area contributed by atoms with Crippen LogP contribution < -0.4 is 21.7 Å². The zero-order valence-electron chi connectivity index (χ0n) is 18.2. The fourth-order valence-electron chi connectivity index (χ4n) is 2.76. The maximum absolute atomic E-state index is 12.6. The summed E-state index contributed by atoms with van der Waals surface area (Å²) in [5, 5.41) is 51.3. The van der Waals surface area contributed by atoms with Crippen molar-refractivity contribution in [3.63, 3.8) is 0 Å². The number of amides is 3. The molecular formula is C20H26N4O11. The fraction of sp³-hybridized carbons (Fsp3) is 0.400. The first kappa shape index (κ1) is 28.8. The van der Waals surface area contributed by atoms with Crippen molar-refractivity contribution in [1.29, 1.82) is 0 Å². The topological polar surface area (TPSA) is 266 Å². The highest BCUT2D eigenvalue weighted by atomic mass is 16.4. The number of carboxylic acid groups (broad SMARTS) is 3. The van der Waals surface area contributed by atoms with Crippen LogP contribution in [0.15, 0.2) is 24.3 Å². The Bertz CT molecular complexity index is 951. The molecule has 1 rings (SSSR count). The van der Waals surface area contributed by atoms with Crippen LogP contribution in [0.1, 0.15) is 18.4 Å². The van der Waals surface area contributed by atoms with E-state index in [0.717, 1.165) is 0 Å². The van der Waals surface area contributed by atoms with Crippen molar-refractivity contribution in [2.45, 2.75) is 43.4 Å². The average Bonchev–Trinajstić information content (AvgIpc) is 2.76. The van der Waals surface area contributed by atoms with Crippen LogP contribution in [0.2, 0.25) is 0 Å². The van der Waals surface area contributed by atoms with Gasteiger partial charge < -0.3 is 47.2 Å². The summed E-state index contributed by atoms with van der Waals surface area (Å²) in [6, 6.07) is -0.924. The van der Waals surface area contributed by atoms with E-state index >= 15 is 0 Å². The highest BCUT2D eigenvalue weighted by Gasteiger charge is 2.32. The quantitative estimate of drug-likeness (QED) is 0.122. The normalized spacial score (nSPS) is 14.0. The van der Waals surface area contributed by atoms with Gasteiger partial charge in [0.05, 0.1) is 25.5 Å². The zero-order valence-corrected chi connectivity index (χ0v) is 18.2. The second-order valence-electron chi connectivity index (χ2n) is 7.38. The van der Waals surface area contributed by atoms with Crippen LogP contribution in [0.4, 0.5) is 0 Å². The molecule has 15 nitrogen and oxygen atoms in total. The van der Waals surface area contributed by atoms with Crippen molar-refractivity contribution in [3.8, 4) is 5.75 Å².